The molecule has 7 heteroatoms. The first kappa shape index (κ1) is 15.3. The van der Waals surface area contributed by atoms with E-state index in [2.05, 4.69) is 4.98 Å². The molecule has 2 aromatic rings. The minimum absolute atomic E-state index is 0.255. The molecular weight excluding hydrogens is 307 g/mol. The molecule has 0 aliphatic carbocycles. The second kappa shape index (κ2) is 5.73. The molecule has 3 nitrogen and oxygen atoms in total. The molecule has 0 saturated carbocycles. The SMILES string of the molecule is CC(=O)c1ccc(Oc2ccc(Cl)cc2)nc1C(F)(F)F. The van der Waals surface area contributed by atoms with E-state index in [1.807, 2.05) is 0 Å². The van der Waals surface area contributed by atoms with E-state index in [0.29, 0.717) is 5.02 Å². The maximum Gasteiger partial charge on any atom is 0.434 e. The molecule has 0 N–H and O–H groups in total. The Labute approximate surface area is 123 Å². The Morgan fingerprint density at radius 2 is 1.76 bits per heavy atom. The highest BCUT2D eigenvalue weighted by molar-refractivity contribution is 6.30. The lowest BCUT2D eigenvalue weighted by Crippen LogP contribution is -2.14. The van der Waals surface area contributed by atoms with Crippen molar-refractivity contribution in [1.82, 2.24) is 4.98 Å². The number of ether oxygens (including phenoxy) is 1. The predicted octanol–water partition coefficient (Wildman–Crippen LogP) is 4.75. The fourth-order valence-electron chi connectivity index (χ4n) is 1.62. The van der Waals surface area contributed by atoms with Crippen LogP contribution in [0.2, 0.25) is 5.02 Å². The summed E-state index contributed by atoms with van der Waals surface area (Å²) >= 11 is 5.70. The lowest BCUT2D eigenvalue weighted by Gasteiger charge is -2.12. The summed E-state index contributed by atoms with van der Waals surface area (Å²) in [6, 6.07) is 8.31. The van der Waals surface area contributed by atoms with Crippen LogP contribution < -0.4 is 4.74 Å². The second-order valence-electron chi connectivity index (χ2n) is 4.16. The average Bonchev–Trinajstić information content (AvgIpc) is 2.40. The number of nitrogens with zero attached hydrogens (tertiary/aromatic N) is 1. The Balaban J connectivity index is 2.38. The van der Waals surface area contributed by atoms with Gasteiger partial charge in [-0.25, -0.2) is 4.98 Å². The summed E-state index contributed by atoms with van der Waals surface area (Å²) in [5.74, 6) is -0.682. The number of Topliss-reactive ketones (excluding diaryl/α,β-unsaturated/α-hetero) is 1. The average molecular weight is 316 g/mol. The van der Waals surface area contributed by atoms with Crippen LogP contribution in [-0.4, -0.2) is 10.8 Å². The molecule has 0 aliphatic rings. The molecule has 2 rings (SSSR count). The van der Waals surface area contributed by atoms with Crippen molar-refractivity contribution < 1.29 is 22.7 Å². The predicted molar refractivity (Wildman–Crippen MR) is 70.8 cm³/mol. The highest BCUT2D eigenvalue weighted by atomic mass is 35.5. The zero-order valence-electron chi connectivity index (χ0n) is 10.7. The van der Waals surface area contributed by atoms with E-state index in [0.717, 1.165) is 13.0 Å². The number of hydrogen-bond donors (Lipinski definition) is 0. The summed E-state index contributed by atoms with van der Waals surface area (Å²) < 4.78 is 43.9. The van der Waals surface area contributed by atoms with Crippen molar-refractivity contribution in [2.45, 2.75) is 13.1 Å². The van der Waals surface area contributed by atoms with Crippen molar-refractivity contribution in [3.05, 3.63) is 52.7 Å². The molecule has 0 unspecified atom stereocenters. The molecule has 0 radical (unpaired) electrons. The molecule has 0 saturated heterocycles. The number of ketones is 1. The minimum Gasteiger partial charge on any atom is -0.439 e. The summed E-state index contributed by atoms with van der Waals surface area (Å²) in [6.45, 7) is 1.05. The van der Waals surface area contributed by atoms with Crippen LogP contribution >= 0.6 is 11.6 Å². The van der Waals surface area contributed by atoms with E-state index in [-0.39, 0.29) is 11.6 Å². The number of halogens is 4. The Bertz CT molecular complexity index is 669. The fraction of sp³-hybridized carbons (Fsp3) is 0.143. The summed E-state index contributed by atoms with van der Waals surface area (Å²) in [5.41, 5.74) is -1.76. The molecule has 0 amide bonds. The van der Waals surface area contributed by atoms with E-state index < -0.39 is 23.2 Å². The van der Waals surface area contributed by atoms with Crippen LogP contribution in [0.5, 0.6) is 11.6 Å². The van der Waals surface area contributed by atoms with Crippen LogP contribution in [0.25, 0.3) is 0 Å². The van der Waals surface area contributed by atoms with Gasteiger partial charge in [0.25, 0.3) is 0 Å². The molecule has 21 heavy (non-hydrogen) atoms. The molecule has 0 bridgehead atoms. The van der Waals surface area contributed by atoms with E-state index >= 15 is 0 Å². The van der Waals surface area contributed by atoms with Gasteiger partial charge in [-0.15, -0.1) is 0 Å². The van der Waals surface area contributed by atoms with Gasteiger partial charge in [0.15, 0.2) is 11.5 Å². The maximum atomic E-state index is 12.9. The van der Waals surface area contributed by atoms with Crippen LogP contribution in [0.3, 0.4) is 0 Å². The Morgan fingerprint density at radius 3 is 2.29 bits per heavy atom. The second-order valence-corrected chi connectivity index (χ2v) is 4.59. The fourth-order valence-corrected chi connectivity index (χ4v) is 1.75. The van der Waals surface area contributed by atoms with Crippen LogP contribution in [0.15, 0.2) is 36.4 Å². The number of carbonyl (C=O) groups is 1. The number of hydrogen-bond acceptors (Lipinski definition) is 3. The quantitative estimate of drug-likeness (QED) is 0.767. The Morgan fingerprint density at radius 1 is 1.14 bits per heavy atom. The summed E-state index contributed by atoms with van der Waals surface area (Å²) in [7, 11) is 0. The molecule has 0 atom stereocenters. The number of aromatic nitrogens is 1. The van der Waals surface area contributed by atoms with Gasteiger partial charge < -0.3 is 4.74 Å². The lowest BCUT2D eigenvalue weighted by molar-refractivity contribution is -0.141. The Hall–Kier alpha value is -2.08. The summed E-state index contributed by atoms with van der Waals surface area (Å²) in [6.07, 6.45) is -4.74. The van der Waals surface area contributed by atoms with Gasteiger partial charge in [-0.2, -0.15) is 13.2 Å². The zero-order chi connectivity index (χ0) is 15.6. The third kappa shape index (κ3) is 3.72. The van der Waals surface area contributed by atoms with Crippen LogP contribution in [0.4, 0.5) is 13.2 Å². The molecule has 110 valence electrons. The van der Waals surface area contributed by atoms with Gasteiger partial charge in [-0.05, 0) is 37.3 Å². The van der Waals surface area contributed by atoms with Gasteiger partial charge in [0.05, 0.1) is 0 Å². The van der Waals surface area contributed by atoms with Crippen LogP contribution in [0, 0.1) is 0 Å². The van der Waals surface area contributed by atoms with Crippen molar-refractivity contribution in [3.8, 4) is 11.6 Å². The molecule has 1 heterocycles. The standard InChI is InChI=1S/C14H9ClF3NO2/c1-8(20)11-6-7-12(19-13(11)14(16,17)18)21-10-4-2-9(15)3-5-10/h2-7H,1H3. The largest absolute Gasteiger partial charge is 0.439 e. The van der Waals surface area contributed by atoms with Gasteiger partial charge in [0.1, 0.15) is 5.75 Å². The van der Waals surface area contributed by atoms with Gasteiger partial charge in [0.2, 0.25) is 5.88 Å². The number of pyridine rings is 1. The van der Waals surface area contributed by atoms with Crippen molar-refractivity contribution in [2.75, 3.05) is 0 Å². The van der Waals surface area contributed by atoms with Crippen molar-refractivity contribution in [3.63, 3.8) is 0 Å². The van der Waals surface area contributed by atoms with E-state index in [9.17, 15) is 18.0 Å². The topological polar surface area (TPSA) is 39.2 Å². The Kier molecular flexibility index (Phi) is 4.18. The number of alkyl halides is 3. The number of benzene rings is 1. The molecule has 0 spiro atoms. The normalized spacial score (nSPS) is 11.3. The molecular formula is C14H9ClF3NO2. The molecule has 1 aromatic heterocycles. The summed E-state index contributed by atoms with van der Waals surface area (Å²) in [4.78, 5) is 14.6. The molecule has 1 aromatic carbocycles. The molecule has 0 aliphatic heterocycles. The first-order chi connectivity index (χ1) is 9.77. The highest BCUT2D eigenvalue weighted by Crippen LogP contribution is 2.33. The van der Waals surface area contributed by atoms with E-state index in [1.54, 1.807) is 0 Å². The van der Waals surface area contributed by atoms with E-state index in [1.165, 1.54) is 30.3 Å². The van der Waals surface area contributed by atoms with Crippen LogP contribution in [0.1, 0.15) is 23.0 Å². The van der Waals surface area contributed by atoms with Crippen molar-refractivity contribution in [2.24, 2.45) is 0 Å². The van der Waals surface area contributed by atoms with Crippen molar-refractivity contribution in [1.29, 1.82) is 0 Å². The van der Waals surface area contributed by atoms with Gasteiger partial charge >= 0.3 is 6.18 Å². The number of carbonyl (C=O) groups excluding carboxylic acids is 1. The number of rotatable bonds is 3. The van der Waals surface area contributed by atoms with Gasteiger partial charge in [0, 0.05) is 16.7 Å². The minimum atomic E-state index is -4.74. The third-order valence-corrected chi connectivity index (χ3v) is 2.81. The lowest BCUT2D eigenvalue weighted by atomic mass is 10.1. The summed E-state index contributed by atoms with van der Waals surface area (Å²) in [5, 5.41) is 0.471. The zero-order valence-corrected chi connectivity index (χ0v) is 11.5. The third-order valence-electron chi connectivity index (χ3n) is 2.55. The monoisotopic (exact) mass is 315 g/mol. The van der Waals surface area contributed by atoms with E-state index in [4.69, 9.17) is 16.3 Å². The maximum absolute atomic E-state index is 12.9. The molecule has 0 fully saturated rings. The van der Waals surface area contributed by atoms with Gasteiger partial charge in [-0.3, -0.25) is 4.79 Å². The van der Waals surface area contributed by atoms with Crippen molar-refractivity contribution >= 4 is 17.4 Å². The highest BCUT2D eigenvalue weighted by Gasteiger charge is 2.37. The van der Waals surface area contributed by atoms with Crippen LogP contribution in [-0.2, 0) is 6.18 Å². The van der Waals surface area contributed by atoms with Gasteiger partial charge in [-0.1, -0.05) is 11.6 Å². The first-order valence-electron chi connectivity index (χ1n) is 5.80. The first-order valence-corrected chi connectivity index (χ1v) is 6.18. The smallest absolute Gasteiger partial charge is 0.434 e.